The van der Waals surface area contributed by atoms with E-state index >= 15 is 0 Å². The van der Waals surface area contributed by atoms with Crippen LogP contribution in [0, 0.1) is 0 Å². The maximum Gasteiger partial charge on any atom is 0.136 e. The minimum absolute atomic E-state index is 0.855. The Hall–Kier alpha value is -7.94. The minimum Gasteiger partial charge on any atom is -0.456 e. The molecule has 0 spiro atoms. The number of hydrogen-bond donors (Lipinski definition) is 0. The third-order valence-corrected chi connectivity index (χ3v) is 12.6. The predicted molar refractivity (Wildman–Crippen MR) is 253 cm³/mol. The molecule has 0 unspecified atom stereocenters. The van der Waals surface area contributed by atoms with Crippen LogP contribution >= 0.6 is 0 Å². The third kappa shape index (κ3) is 5.35. The van der Waals surface area contributed by atoms with Gasteiger partial charge >= 0.3 is 0 Å². The van der Waals surface area contributed by atoms with E-state index in [4.69, 9.17) is 8.83 Å². The quantitative estimate of drug-likeness (QED) is 0.178. The summed E-state index contributed by atoms with van der Waals surface area (Å²) in [5.74, 6) is 0. The van der Waals surface area contributed by atoms with Crippen molar-refractivity contribution in [3.63, 3.8) is 0 Å². The van der Waals surface area contributed by atoms with E-state index in [0.29, 0.717) is 0 Å². The molecule has 13 aromatic rings. The molecule has 0 saturated heterocycles. The Morgan fingerprint density at radius 3 is 0.817 bits per heavy atom. The molecule has 0 bridgehead atoms. The van der Waals surface area contributed by atoms with E-state index in [1.165, 1.54) is 76.5 Å². The van der Waals surface area contributed by atoms with Crippen molar-refractivity contribution in [3.05, 3.63) is 206 Å². The highest BCUT2D eigenvalue weighted by molar-refractivity contribution is 6.16. The van der Waals surface area contributed by atoms with Gasteiger partial charge in [0.25, 0.3) is 0 Å². The van der Waals surface area contributed by atoms with E-state index in [9.17, 15) is 0 Å². The van der Waals surface area contributed by atoms with Crippen molar-refractivity contribution in [2.45, 2.75) is 0 Å². The van der Waals surface area contributed by atoms with Gasteiger partial charge in [-0.1, -0.05) is 133 Å². The summed E-state index contributed by atoms with van der Waals surface area (Å²) >= 11 is 0. The highest BCUT2D eigenvalue weighted by atomic mass is 16.3. The van der Waals surface area contributed by atoms with Gasteiger partial charge in [0.15, 0.2) is 0 Å². The Bertz CT molecular complexity index is 3640. The fourth-order valence-corrected chi connectivity index (χ4v) is 9.35. The lowest BCUT2D eigenvalue weighted by Gasteiger charge is -2.08. The van der Waals surface area contributed by atoms with Crippen molar-refractivity contribution in [3.8, 4) is 44.5 Å². The monoisotopic (exact) mass is 762 g/mol. The van der Waals surface area contributed by atoms with E-state index < -0.39 is 0 Å². The summed E-state index contributed by atoms with van der Waals surface area (Å²) < 4.78 is 13.1. The van der Waals surface area contributed by atoms with Gasteiger partial charge in [-0.3, -0.25) is 0 Å². The number of fused-ring (bicyclic) bond motifs is 10. The highest BCUT2D eigenvalue weighted by Gasteiger charge is 2.16. The average Bonchev–Trinajstić information content (AvgIpc) is 3.86. The molecule has 0 N–H and O–H groups in total. The summed E-state index contributed by atoms with van der Waals surface area (Å²) in [6, 6.07) is 74.8. The first-order valence-electron chi connectivity index (χ1n) is 20.5. The van der Waals surface area contributed by atoms with Crippen molar-refractivity contribution in [1.82, 2.24) is 0 Å². The zero-order valence-electron chi connectivity index (χ0n) is 32.4. The van der Waals surface area contributed by atoms with Gasteiger partial charge in [-0.15, -0.1) is 0 Å². The van der Waals surface area contributed by atoms with Gasteiger partial charge < -0.3 is 8.83 Å². The lowest BCUT2D eigenvalue weighted by molar-refractivity contribution is 0.664. The smallest absolute Gasteiger partial charge is 0.136 e. The molecule has 2 heterocycles. The van der Waals surface area contributed by atoms with E-state index in [2.05, 4.69) is 206 Å². The molecule has 0 aliphatic carbocycles. The molecule has 2 aromatic heterocycles. The van der Waals surface area contributed by atoms with Crippen LogP contribution < -0.4 is 0 Å². The molecule has 0 fully saturated rings. The van der Waals surface area contributed by atoms with Gasteiger partial charge in [-0.05, 0) is 160 Å². The largest absolute Gasteiger partial charge is 0.456 e. The average molecular weight is 763 g/mol. The molecular formula is C58H34O2. The molecule has 0 saturated carbocycles. The van der Waals surface area contributed by atoms with Gasteiger partial charge in [0, 0.05) is 21.5 Å². The Balaban J connectivity index is 0.854. The van der Waals surface area contributed by atoms with Crippen molar-refractivity contribution in [2.24, 2.45) is 0 Å². The molecular weight excluding hydrogens is 729 g/mol. The van der Waals surface area contributed by atoms with Gasteiger partial charge in [0.05, 0.1) is 0 Å². The summed E-state index contributed by atoms with van der Waals surface area (Å²) in [6.45, 7) is 0. The molecule has 278 valence electrons. The molecule has 0 aliphatic rings. The summed E-state index contributed by atoms with van der Waals surface area (Å²) in [5.41, 5.74) is 13.0. The molecule has 0 amide bonds. The van der Waals surface area contributed by atoms with Gasteiger partial charge in [-0.2, -0.15) is 0 Å². The van der Waals surface area contributed by atoms with Crippen LogP contribution in [-0.4, -0.2) is 0 Å². The fourth-order valence-electron chi connectivity index (χ4n) is 9.35. The Morgan fingerprint density at radius 2 is 0.450 bits per heavy atom. The van der Waals surface area contributed by atoms with Crippen molar-refractivity contribution >= 4 is 87.0 Å². The first-order valence-corrected chi connectivity index (χ1v) is 20.5. The van der Waals surface area contributed by atoms with Crippen molar-refractivity contribution < 1.29 is 8.83 Å². The van der Waals surface area contributed by atoms with Crippen LogP contribution in [0.4, 0.5) is 0 Å². The lowest BCUT2D eigenvalue weighted by Crippen LogP contribution is -1.83. The first kappa shape index (κ1) is 33.1. The fraction of sp³-hybridized carbons (Fsp3) is 0. The SMILES string of the molecule is c1ccc2cc(-c3ccc4ccc(-c5ccc6oc7cc8c(cc7c6c5)oc5ccc(-c6ccc7ccc(-c9ccc%10ccccc%10c9)cc7c6)cc58)cc4c3)ccc2c1. The van der Waals surface area contributed by atoms with Crippen LogP contribution in [0.5, 0.6) is 0 Å². The van der Waals surface area contributed by atoms with Gasteiger partial charge in [0.1, 0.15) is 22.3 Å². The second-order valence-electron chi connectivity index (χ2n) is 16.1. The van der Waals surface area contributed by atoms with E-state index in [1.807, 2.05) is 0 Å². The Morgan fingerprint density at radius 1 is 0.183 bits per heavy atom. The Kier molecular flexibility index (Phi) is 7.05. The summed E-state index contributed by atoms with van der Waals surface area (Å²) in [7, 11) is 0. The van der Waals surface area contributed by atoms with Crippen LogP contribution in [-0.2, 0) is 0 Å². The summed E-state index contributed by atoms with van der Waals surface area (Å²) in [5, 5.41) is 14.2. The molecule has 0 aliphatic heterocycles. The van der Waals surface area contributed by atoms with Crippen LogP contribution in [0.15, 0.2) is 215 Å². The van der Waals surface area contributed by atoms with Gasteiger partial charge in [0.2, 0.25) is 0 Å². The summed E-state index contributed by atoms with van der Waals surface area (Å²) in [6.07, 6.45) is 0. The summed E-state index contributed by atoms with van der Waals surface area (Å²) in [4.78, 5) is 0. The molecule has 0 radical (unpaired) electrons. The van der Waals surface area contributed by atoms with E-state index in [1.54, 1.807) is 0 Å². The first-order chi connectivity index (χ1) is 29.6. The zero-order valence-corrected chi connectivity index (χ0v) is 32.4. The second kappa shape index (κ2) is 12.8. The molecule has 0 atom stereocenters. The predicted octanol–water partition coefficient (Wildman–Crippen LogP) is 16.8. The van der Waals surface area contributed by atoms with Crippen LogP contribution in [0.25, 0.3) is 131 Å². The maximum absolute atomic E-state index is 6.53. The van der Waals surface area contributed by atoms with E-state index in [0.717, 1.165) is 55.0 Å². The van der Waals surface area contributed by atoms with Crippen molar-refractivity contribution in [2.75, 3.05) is 0 Å². The number of hydrogen-bond acceptors (Lipinski definition) is 2. The van der Waals surface area contributed by atoms with Crippen LogP contribution in [0.3, 0.4) is 0 Å². The second-order valence-corrected chi connectivity index (χ2v) is 16.1. The Labute approximate surface area is 345 Å². The molecule has 11 aromatic carbocycles. The van der Waals surface area contributed by atoms with Crippen molar-refractivity contribution in [1.29, 1.82) is 0 Å². The van der Waals surface area contributed by atoms with Gasteiger partial charge in [-0.25, -0.2) is 0 Å². The topological polar surface area (TPSA) is 26.3 Å². The minimum atomic E-state index is 0.855. The standard InChI is InChI=1S/C58H34O2/c1-3-7-39-25-41(15-9-35(39)5-1)43-17-11-37-13-19-45(29-49(37)27-43)47-21-23-55-51(31-47)53-33-58-54(34-57(53)59-55)52-32-48(22-24-56(52)60-58)46-20-14-38-12-18-44(28-50(38)30-46)42-16-10-36-6-2-4-8-40(36)26-42/h1-34H. The molecule has 2 heteroatoms. The lowest BCUT2D eigenvalue weighted by atomic mass is 9.95. The normalized spacial score (nSPS) is 12.0. The third-order valence-electron chi connectivity index (χ3n) is 12.6. The van der Waals surface area contributed by atoms with E-state index in [-0.39, 0.29) is 0 Å². The molecule has 13 rings (SSSR count). The highest BCUT2D eigenvalue weighted by Crippen LogP contribution is 2.40. The number of rotatable bonds is 4. The number of benzene rings is 11. The van der Waals surface area contributed by atoms with Crippen LogP contribution in [0.1, 0.15) is 0 Å². The zero-order chi connectivity index (χ0) is 39.3. The maximum atomic E-state index is 6.53. The number of furan rings is 2. The molecule has 2 nitrogen and oxygen atoms in total. The van der Waals surface area contributed by atoms with Crippen LogP contribution in [0.2, 0.25) is 0 Å². The molecule has 60 heavy (non-hydrogen) atoms.